The molecule has 3 N–H and O–H groups in total. The van der Waals surface area contributed by atoms with Crippen LogP contribution in [0.25, 0.3) is 0 Å². The molecule has 1 rings (SSSR count). The molecule has 0 radical (unpaired) electrons. The second kappa shape index (κ2) is 5.93. The third kappa shape index (κ3) is 3.39. The highest BCUT2D eigenvalue weighted by Gasteiger charge is 2.26. The van der Waals surface area contributed by atoms with Gasteiger partial charge >= 0.3 is 0 Å². The van der Waals surface area contributed by atoms with Crippen LogP contribution >= 0.6 is 22.9 Å². The lowest BCUT2D eigenvalue weighted by Crippen LogP contribution is -2.39. The Bertz CT molecular complexity index is 539. The van der Waals surface area contributed by atoms with Crippen molar-refractivity contribution >= 4 is 38.6 Å². The van der Waals surface area contributed by atoms with E-state index in [1.54, 1.807) is 6.92 Å². The quantitative estimate of drug-likeness (QED) is 0.607. The molecule has 1 heterocycles. The standard InChI is InChI=1S/C8H12ClN3O4S2/c1-2-5(4-10)11-18(15,16)7-3-6(12(13)14)8(9)17-7/h3,5,11H,2,4,10H2,1H3. The summed E-state index contributed by atoms with van der Waals surface area (Å²) in [6.45, 7) is 1.93. The first-order valence-electron chi connectivity index (χ1n) is 4.98. The number of thiophene rings is 1. The molecule has 1 unspecified atom stereocenters. The molecule has 0 saturated heterocycles. The summed E-state index contributed by atoms with van der Waals surface area (Å²) in [6.07, 6.45) is 0.525. The molecule has 1 atom stereocenters. The molecule has 1 aromatic rings. The van der Waals surface area contributed by atoms with Crippen molar-refractivity contribution in [3.05, 3.63) is 20.5 Å². The number of rotatable bonds is 6. The Morgan fingerprint density at radius 2 is 2.28 bits per heavy atom. The summed E-state index contributed by atoms with van der Waals surface area (Å²) < 4.78 is 25.8. The Kier molecular flexibility index (Phi) is 5.05. The van der Waals surface area contributed by atoms with Gasteiger partial charge in [0, 0.05) is 18.7 Å². The van der Waals surface area contributed by atoms with Crippen LogP contribution in [0.4, 0.5) is 5.69 Å². The highest BCUT2D eigenvalue weighted by molar-refractivity contribution is 7.91. The number of nitrogens with zero attached hydrogens (tertiary/aromatic N) is 1. The van der Waals surface area contributed by atoms with Crippen molar-refractivity contribution < 1.29 is 13.3 Å². The van der Waals surface area contributed by atoms with E-state index in [1.807, 2.05) is 0 Å². The largest absolute Gasteiger partial charge is 0.329 e. The average molecular weight is 314 g/mol. The van der Waals surface area contributed by atoms with Crippen LogP contribution in [0.5, 0.6) is 0 Å². The van der Waals surface area contributed by atoms with Crippen molar-refractivity contribution in [3.8, 4) is 0 Å². The fourth-order valence-electron chi connectivity index (χ4n) is 1.17. The van der Waals surface area contributed by atoms with E-state index in [-0.39, 0.29) is 15.1 Å². The Hall–Kier alpha value is -0.740. The van der Waals surface area contributed by atoms with Crippen LogP contribution in [0.3, 0.4) is 0 Å². The van der Waals surface area contributed by atoms with Crippen LogP contribution in [0.15, 0.2) is 10.3 Å². The van der Waals surface area contributed by atoms with E-state index in [2.05, 4.69) is 4.72 Å². The number of nitro groups is 1. The molecular formula is C8H12ClN3O4S2. The molecule has 1 aromatic heterocycles. The minimum Gasteiger partial charge on any atom is -0.329 e. The van der Waals surface area contributed by atoms with Crippen LogP contribution in [0.1, 0.15) is 13.3 Å². The fourth-order valence-corrected chi connectivity index (χ4v) is 4.18. The number of sulfonamides is 1. The van der Waals surface area contributed by atoms with Crippen molar-refractivity contribution in [2.24, 2.45) is 5.73 Å². The van der Waals surface area contributed by atoms with Gasteiger partial charge in [0.1, 0.15) is 4.21 Å². The third-order valence-corrected chi connectivity index (χ3v) is 5.54. The predicted molar refractivity (Wildman–Crippen MR) is 69.4 cm³/mol. The summed E-state index contributed by atoms with van der Waals surface area (Å²) >= 11 is 6.26. The van der Waals surface area contributed by atoms with Gasteiger partial charge in [0.15, 0.2) is 4.34 Å². The number of nitrogens with one attached hydrogen (secondary N) is 1. The van der Waals surface area contributed by atoms with Crippen LogP contribution in [0.2, 0.25) is 4.34 Å². The van der Waals surface area contributed by atoms with E-state index >= 15 is 0 Å². The topological polar surface area (TPSA) is 115 Å². The zero-order chi connectivity index (χ0) is 13.9. The van der Waals surface area contributed by atoms with Crippen molar-refractivity contribution in [3.63, 3.8) is 0 Å². The third-order valence-electron chi connectivity index (χ3n) is 2.21. The molecule has 0 fully saturated rings. The van der Waals surface area contributed by atoms with Gasteiger partial charge in [0.25, 0.3) is 15.7 Å². The lowest BCUT2D eigenvalue weighted by atomic mass is 10.2. The van der Waals surface area contributed by atoms with E-state index in [0.717, 1.165) is 6.07 Å². The molecule has 18 heavy (non-hydrogen) atoms. The molecule has 0 bridgehead atoms. The van der Waals surface area contributed by atoms with Crippen molar-refractivity contribution in [2.75, 3.05) is 6.54 Å². The van der Waals surface area contributed by atoms with Crippen molar-refractivity contribution in [2.45, 2.75) is 23.6 Å². The summed E-state index contributed by atoms with van der Waals surface area (Å²) in [4.78, 5) is 9.87. The smallest absolute Gasteiger partial charge is 0.300 e. The van der Waals surface area contributed by atoms with Crippen molar-refractivity contribution in [1.82, 2.24) is 4.72 Å². The molecule has 0 aliphatic carbocycles. The van der Waals surface area contributed by atoms with Crippen LogP contribution in [0, 0.1) is 10.1 Å². The molecule has 0 spiro atoms. The molecule has 7 nitrogen and oxygen atoms in total. The second-order valence-electron chi connectivity index (χ2n) is 3.44. The SMILES string of the molecule is CCC(CN)NS(=O)(=O)c1cc([N+](=O)[O-])c(Cl)s1. The van der Waals surface area contributed by atoms with E-state index in [0.29, 0.717) is 17.8 Å². The summed E-state index contributed by atoms with van der Waals surface area (Å²) in [5.41, 5.74) is 4.98. The monoisotopic (exact) mass is 313 g/mol. The van der Waals surface area contributed by atoms with Gasteiger partial charge < -0.3 is 5.73 Å². The Balaban J connectivity index is 3.06. The second-order valence-corrected chi connectivity index (χ2v) is 7.04. The molecular weight excluding hydrogens is 302 g/mol. The van der Waals surface area contributed by atoms with Crippen LogP contribution in [-0.2, 0) is 10.0 Å². The molecule has 0 aliphatic heterocycles. The van der Waals surface area contributed by atoms with Gasteiger partial charge in [0.05, 0.1) is 4.92 Å². The van der Waals surface area contributed by atoms with Crippen LogP contribution < -0.4 is 10.5 Å². The summed E-state index contributed by atoms with van der Waals surface area (Å²) in [5.74, 6) is 0. The molecule has 102 valence electrons. The van der Waals surface area contributed by atoms with Crippen molar-refractivity contribution in [1.29, 1.82) is 0 Å². The number of nitrogens with two attached hydrogens (primary N) is 1. The van der Waals surface area contributed by atoms with Gasteiger partial charge in [-0.15, -0.1) is 11.3 Å². The van der Waals surface area contributed by atoms with Gasteiger partial charge in [-0.2, -0.15) is 0 Å². The maximum absolute atomic E-state index is 11.9. The minimum absolute atomic E-state index is 0.150. The summed E-state index contributed by atoms with van der Waals surface area (Å²) in [5, 5.41) is 10.6. The first kappa shape index (κ1) is 15.3. The Morgan fingerprint density at radius 1 is 1.67 bits per heavy atom. The van der Waals surface area contributed by atoms with E-state index < -0.39 is 26.7 Å². The highest BCUT2D eigenvalue weighted by Crippen LogP contribution is 2.36. The molecule has 0 amide bonds. The lowest BCUT2D eigenvalue weighted by molar-refractivity contribution is -0.384. The highest BCUT2D eigenvalue weighted by atomic mass is 35.5. The average Bonchev–Trinajstić information content (AvgIpc) is 2.69. The van der Waals surface area contributed by atoms with Gasteiger partial charge in [-0.25, -0.2) is 13.1 Å². The number of hydrogen-bond acceptors (Lipinski definition) is 6. The number of halogens is 1. The minimum atomic E-state index is -3.82. The molecule has 0 aliphatic rings. The zero-order valence-corrected chi connectivity index (χ0v) is 11.8. The molecule has 10 heteroatoms. The maximum atomic E-state index is 11.9. The number of hydrogen-bond donors (Lipinski definition) is 2. The van der Waals surface area contributed by atoms with Gasteiger partial charge in [-0.1, -0.05) is 18.5 Å². The maximum Gasteiger partial charge on any atom is 0.300 e. The zero-order valence-electron chi connectivity index (χ0n) is 9.42. The van der Waals surface area contributed by atoms with Gasteiger partial charge in [0.2, 0.25) is 0 Å². The Morgan fingerprint density at radius 3 is 2.67 bits per heavy atom. The fraction of sp³-hybridized carbons (Fsp3) is 0.500. The van der Waals surface area contributed by atoms with Gasteiger partial charge in [-0.3, -0.25) is 10.1 Å². The van der Waals surface area contributed by atoms with E-state index in [4.69, 9.17) is 17.3 Å². The van der Waals surface area contributed by atoms with E-state index in [1.165, 1.54) is 0 Å². The predicted octanol–water partition coefficient (Wildman–Crippen LogP) is 1.33. The summed E-state index contributed by atoms with van der Waals surface area (Å²) in [6, 6.07) is 0.536. The van der Waals surface area contributed by atoms with Gasteiger partial charge in [-0.05, 0) is 6.42 Å². The molecule has 0 saturated carbocycles. The Labute approximate surface area is 113 Å². The first-order valence-corrected chi connectivity index (χ1v) is 7.65. The van der Waals surface area contributed by atoms with Crippen LogP contribution in [-0.4, -0.2) is 25.9 Å². The normalized spacial score (nSPS) is 13.5. The summed E-state index contributed by atoms with van der Waals surface area (Å²) in [7, 11) is -3.82. The van der Waals surface area contributed by atoms with E-state index in [9.17, 15) is 18.5 Å². The molecule has 0 aromatic carbocycles. The lowest BCUT2D eigenvalue weighted by Gasteiger charge is -2.13. The first-order chi connectivity index (χ1) is 8.31.